The Hall–Kier alpha value is -2.28. The van der Waals surface area contributed by atoms with Crippen molar-refractivity contribution in [2.45, 2.75) is 13.3 Å². The van der Waals surface area contributed by atoms with Gasteiger partial charge in [-0.2, -0.15) is 0 Å². The van der Waals surface area contributed by atoms with E-state index in [2.05, 4.69) is 11.2 Å². The average Bonchev–Trinajstić information content (AvgIpc) is 2.78. The van der Waals surface area contributed by atoms with E-state index in [9.17, 15) is 9.59 Å². The third-order valence-corrected chi connectivity index (χ3v) is 3.34. The molecule has 19 heavy (non-hydrogen) atoms. The second-order valence-corrected chi connectivity index (χ2v) is 4.62. The van der Waals surface area contributed by atoms with Crippen molar-refractivity contribution in [3.8, 4) is 12.3 Å². The number of nitrogens with one attached hydrogen (secondary N) is 1. The number of amides is 2. The van der Waals surface area contributed by atoms with Crippen molar-refractivity contribution in [2.24, 2.45) is 5.92 Å². The van der Waals surface area contributed by atoms with Crippen molar-refractivity contribution in [1.29, 1.82) is 0 Å². The van der Waals surface area contributed by atoms with Crippen LogP contribution < -0.4 is 10.2 Å². The Labute approximate surface area is 112 Å². The molecule has 1 fully saturated rings. The fourth-order valence-corrected chi connectivity index (χ4v) is 2.37. The maximum atomic E-state index is 12.1. The summed E-state index contributed by atoms with van der Waals surface area (Å²) >= 11 is 0. The fourth-order valence-electron chi connectivity index (χ4n) is 2.37. The second-order valence-electron chi connectivity index (χ2n) is 4.62. The number of para-hydroxylation sites is 1. The normalized spacial score (nSPS) is 18.3. The highest BCUT2D eigenvalue weighted by molar-refractivity contribution is 6.06. The molecule has 2 rings (SSSR count). The van der Waals surface area contributed by atoms with Gasteiger partial charge in [0.2, 0.25) is 5.91 Å². The molecular weight excluding hydrogens is 240 g/mol. The number of terminal acetylenes is 1. The number of rotatable bonds is 2. The van der Waals surface area contributed by atoms with Gasteiger partial charge in [-0.3, -0.25) is 9.59 Å². The second kappa shape index (κ2) is 5.15. The molecule has 4 heteroatoms. The molecule has 1 aromatic rings. The minimum Gasteiger partial charge on any atom is -0.355 e. The molecule has 1 N–H and O–H groups in total. The lowest BCUT2D eigenvalue weighted by molar-refractivity contribution is -0.117. The lowest BCUT2D eigenvalue weighted by Gasteiger charge is -2.21. The quantitative estimate of drug-likeness (QED) is 0.812. The van der Waals surface area contributed by atoms with Gasteiger partial charge in [0.05, 0.1) is 11.3 Å². The van der Waals surface area contributed by atoms with E-state index in [1.807, 2.05) is 19.1 Å². The molecule has 0 bridgehead atoms. The average molecular weight is 256 g/mol. The highest BCUT2D eigenvalue weighted by Crippen LogP contribution is 2.30. The summed E-state index contributed by atoms with van der Waals surface area (Å²) in [7, 11) is 1.57. The van der Waals surface area contributed by atoms with E-state index in [1.54, 1.807) is 18.0 Å². The van der Waals surface area contributed by atoms with E-state index in [4.69, 9.17) is 6.42 Å². The Balaban J connectivity index is 2.48. The van der Waals surface area contributed by atoms with Crippen LogP contribution in [0, 0.1) is 25.2 Å². The largest absolute Gasteiger partial charge is 0.355 e. The summed E-state index contributed by atoms with van der Waals surface area (Å²) in [5.41, 5.74) is 2.07. The summed E-state index contributed by atoms with van der Waals surface area (Å²) < 4.78 is 0. The van der Waals surface area contributed by atoms with Crippen LogP contribution in [-0.2, 0) is 4.79 Å². The Morgan fingerprint density at radius 3 is 2.84 bits per heavy atom. The van der Waals surface area contributed by atoms with Gasteiger partial charge in [0, 0.05) is 25.9 Å². The zero-order valence-electron chi connectivity index (χ0n) is 11.1. The molecular formula is C15H16N2O2. The minimum absolute atomic E-state index is 0.0256. The summed E-state index contributed by atoms with van der Waals surface area (Å²) in [6.45, 7) is 2.36. The number of benzene rings is 1. The Kier molecular flexibility index (Phi) is 3.57. The summed E-state index contributed by atoms with van der Waals surface area (Å²) in [6.07, 6.45) is 5.74. The smallest absolute Gasteiger partial charge is 0.253 e. The van der Waals surface area contributed by atoms with Crippen LogP contribution in [0.2, 0.25) is 0 Å². The highest BCUT2D eigenvalue weighted by Gasteiger charge is 2.32. The zero-order valence-corrected chi connectivity index (χ0v) is 11.1. The van der Waals surface area contributed by atoms with Gasteiger partial charge in [0.15, 0.2) is 0 Å². The molecule has 4 nitrogen and oxygen atoms in total. The van der Waals surface area contributed by atoms with Gasteiger partial charge in [-0.1, -0.05) is 12.1 Å². The molecule has 1 atom stereocenters. The lowest BCUT2D eigenvalue weighted by Crippen LogP contribution is -2.29. The van der Waals surface area contributed by atoms with Crippen molar-refractivity contribution < 1.29 is 9.59 Å². The maximum absolute atomic E-state index is 12.1. The van der Waals surface area contributed by atoms with Crippen LogP contribution in [0.1, 0.15) is 22.3 Å². The number of aryl methyl sites for hydroxylation is 1. The predicted molar refractivity (Wildman–Crippen MR) is 73.9 cm³/mol. The van der Waals surface area contributed by atoms with Crippen molar-refractivity contribution in [1.82, 2.24) is 5.32 Å². The molecule has 0 saturated carbocycles. The maximum Gasteiger partial charge on any atom is 0.253 e. The highest BCUT2D eigenvalue weighted by atomic mass is 16.2. The van der Waals surface area contributed by atoms with Crippen molar-refractivity contribution in [2.75, 3.05) is 18.5 Å². The first-order valence-corrected chi connectivity index (χ1v) is 6.16. The summed E-state index contributed by atoms with van der Waals surface area (Å²) in [5.74, 6) is 2.31. The van der Waals surface area contributed by atoms with Gasteiger partial charge in [0.25, 0.3) is 5.91 Å². The number of hydrogen-bond donors (Lipinski definition) is 1. The first-order chi connectivity index (χ1) is 9.08. The summed E-state index contributed by atoms with van der Waals surface area (Å²) in [5, 5.41) is 2.60. The monoisotopic (exact) mass is 256 g/mol. The van der Waals surface area contributed by atoms with Crippen molar-refractivity contribution >= 4 is 17.5 Å². The molecule has 2 amide bonds. The Morgan fingerprint density at radius 1 is 1.53 bits per heavy atom. The van der Waals surface area contributed by atoms with Gasteiger partial charge < -0.3 is 10.2 Å². The molecule has 0 aromatic heterocycles. The number of nitrogens with zero attached hydrogens (tertiary/aromatic N) is 1. The van der Waals surface area contributed by atoms with Crippen LogP contribution in [0.15, 0.2) is 18.2 Å². The van der Waals surface area contributed by atoms with Crippen LogP contribution in [0.3, 0.4) is 0 Å². The number of carbonyl (C=O) groups excluding carboxylic acids is 2. The molecule has 0 radical (unpaired) electrons. The first-order valence-electron chi connectivity index (χ1n) is 6.16. The van der Waals surface area contributed by atoms with E-state index in [0.29, 0.717) is 24.2 Å². The molecule has 98 valence electrons. The molecule has 1 aromatic carbocycles. The van der Waals surface area contributed by atoms with Crippen LogP contribution in [0.4, 0.5) is 5.69 Å². The molecule has 1 aliphatic heterocycles. The molecule has 0 aliphatic carbocycles. The summed E-state index contributed by atoms with van der Waals surface area (Å²) in [6, 6.07) is 5.42. The third kappa shape index (κ3) is 2.32. The van der Waals surface area contributed by atoms with Crippen LogP contribution in [0.25, 0.3) is 0 Å². The Bertz CT molecular complexity index is 572. The van der Waals surface area contributed by atoms with E-state index in [-0.39, 0.29) is 17.7 Å². The van der Waals surface area contributed by atoms with E-state index < -0.39 is 0 Å². The third-order valence-electron chi connectivity index (χ3n) is 3.34. The van der Waals surface area contributed by atoms with E-state index >= 15 is 0 Å². The number of anilines is 1. The Morgan fingerprint density at radius 2 is 2.26 bits per heavy atom. The molecule has 1 aliphatic rings. The van der Waals surface area contributed by atoms with Crippen LogP contribution >= 0.6 is 0 Å². The molecule has 1 saturated heterocycles. The van der Waals surface area contributed by atoms with Crippen LogP contribution in [0.5, 0.6) is 0 Å². The lowest BCUT2D eigenvalue weighted by atomic mass is 10.1. The van der Waals surface area contributed by atoms with E-state index in [0.717, 1.165) is 5.56 Å². The van der Waals surface area contributed by atoms with Gasteiger partial charge >= 0.3 is 0 Å². The van der Waals surface area contributed by atoms with Gasteiger partial charge in [-0.15, -0.1) is 12.3 Å². The van der Waals surface area contributed by atoms with Gasteiger partial charge in [0.1, 0.15) is 0 Å². The summed E-state index contributed by atoms with van der Waals surface area (Å²) in [4.78, 5) is 25.6. The SMILES string of the molecule is C#CC1CC(=O)N(c2c(C)cccc2C(=O)NC)C1. The molecule has 1 heterocycles. The number of hydrogen-bond acceptors (Lipinski definition) is 2. The van der Waals surface area contributed by atoms with Crippen molar-refractivity contribution in [3.63, 3.8) is 0 Å². The molecule has 1 unspecified atom stereocenters. The predicted octanol–water partition coefficient (Wildman–Crippen LogP) is 1.34. The van der Waals surface area contributed by atoms with Crippen LogP contribution in [-0.4, -0.2) is 25.4 Å². The number of carbonyl (C=O) groups is 2. The zero-order chi connectivity index (χ0) is 14.0. The fraction of sp³-hybridized carbons (Fsp3) is 0.333. The standard InChI is InChI=1S/C15H16N2O2/c1-4-11-8-13(18)17(9-11)14-10(2)6-5-7-12(14)15(19)16-3/h1,5-7,11H,8-9H2,2-3H3,(H,16,19). The minimum atomic E-state index is -0.198. The van der Waals surface area contributed by atoms with E-state index in [1.165, 1.54) is 0 Å². The first kappa shape index (κ1) is 13.2. The topological polar surface area (TPSA) is 49.4 Å². The van der Waals surface area contributed by atoms with Gasteiger partial charge in [-0.05, 0) is 18.6 Å². The molecule has 0 spiro atoms. The van der Waals surface area contributed by atoms with Crippen molar-refractivity contribution in [3.05, 3.63) is 29.3 Å². The van der Waals surface area contributed by atoms with Gasteiger partial charge in [-0.25, -0.2) is 0 Å².